The zero-order valence-electron chi connectivity index (χ0n) is 10.5. The van der Waals surface area contributed by atoms with Crippen molar-refractivity contribution in [3.63, 3.8) is 0 Å². The molecular formula is C14H9Cl2F3N2. The van der Waals surface area contributed by atoms with Gasteiger partial charge in [-0.2, -0.15) is 23.4 Å². The Kier molecular flexibility index (Phi) is 4.85. The van der Waals surface area contributed by atoms with E-state index in [-0.39, 0.29) is 12.2 Å². The van der Waals surface area contributed by atoms with E-state index in [1.165, 1.54) is 18.2 Å². The van der Waals surface area contributed by atoms with Crippen LogP contribution in [0.5, 0.6) is 0 Å². The highest BCUT2D eigenvalue weighted by Crippen LogP contribution is 2.36. The first-order valence-corrected chi connectivity index (χ1v) is 6.62. The molecule has 0 fully saturated rings. The molecule has 0 aliphatic rings. The van der Waals surface area contributed by atoms with Gasteiger partial charge in [0.2, 0.25) is 0 Å². The first-order chi connectivity index (χ1) is 9.89. The van der Waals surface area contributed by atoms with Crippen molar-refractivity contribution in [3.8, 4) is 0 Å². The van der Waals surface area contributed by atoms with Crippen LogP contribution >= 0.6 is 23.2 Å². The van der Waals surface area contributed by atoms with Crippen LogP contribution in [0.25, 0.3) is 0 Å². The number of alkyl halides is 3. The summed E-state index contributed by atoms with van der Waals surface area (Å²) in [5, 5.41) is 8.19. The maximum Gasteiger partial charge on any atom is 0.418 e. The van der Waals surface area contributed by atoms with Gasteiger partial charge in [0.1, 0.15) is 0 Å². The average molecular weight is 333 g/mol. The number of rotatable bonds is 3. The molecule has 0 aliphatic heterocycles. The molecule has 0 spiro atoms. The van der Waals surface area contributed by atoms with Gasteiger partial charge in [0, 0.05) is 15.6 Å². The third-order valence-corrected chi connectivity index (χ3v) is 3.39. The minimum absolute atomic E-state index is 0.00466. The van der Waals surface area contributed by atoms with E-state index in [1.54, 1.807) is 18.2 Å². The van der Waals surface area contributed by atoms with E-state index in [2.05, 4.69) is 10.2 Å². The van der Waals surface area contributed by atoms with Crippen molar-refractivity contribution in [1.29, 1.82) is 0 Å². The molecule has 21 heavy (non-hydrogen) atoms. The van der Waals surface area contributed by atoms with Crippen molar-refractivity contribution >= 4 is 28.9 Å². The summed E-state index contributed by atoms with van der Waals surface area (Å²) < 4.78 is 38.3. The number of benzene rings is 2. The van der Waals surface area contributed by atoms with Crippen molar-refractivity contribution < 1.29 is 13.2 Å². The van der Waals surface area contributed by atoms with E-state index in [0.717, 1.165) is 6.07 Å². The lowest BCUT2D eigenvalue weighted by atomic mass is 10.2. The van der Waals surface area contributed by atoms with E-state index < -0.39 is 11.7 Å². The summed E-state index contributed by atoms with van der Waals surface area (Å²) in [5.74, 6) is 0. The predicted octanol–water partition coefficient (Wildman–Crippen LogP) is 6.30. The van der Waals surface area contributed by atoms with Crippen LogP contribution in [0.1, 0.15) is 11.1 Å². The Bertz CT molecular complexity index is 649. The van der Waals surface area contributed by atoms with Gasteiger partial charge in [-0.3, -0.25) is 0 Å². The topological polar surface area (TPSA) is 24.7 Å². The molecule has 0 unspecified atom stereocenters. The van der Waals surface area contributed by atoms with Gasteiger partial charge in [-0.15, -0.1) is 0 Å². The fourth-order valence-electron chi connectivity index (χ4n) is 1.67. The molecule has 0 atom stereocenters. The molecule has 7 heteroatoms. The van der Waals surface area contributed by atoms with Gasteiger partial charge < -0.3 is 0 Å². The van der Waals surface area contributed by atoms with Gasteiger partial charge in [-0.1, -0.05) is 41.4 Å². The molecule has 0 aromatic heterocycles. The lowest BCUT2D eigenvalue weighted by molar-refractivity contribution is -0.137. The second kappa shape index (κ2) is 6.45. The summed E-state index contributed by atoms with van der Waals surface area (Å²) in [6, 6.07) is 9.89. The highest BCUT2D eigenvalue weighted by Gasteiger charge is 2.33. The third kappa shape index (κ3) is 3.95. The maximum absolute atomic E-state index is 12.8. The Morgan fingerprint density at radius 1 is 0.905 bits per heavy atom. The molecule has 0 aliphatic carbocycles. The van der Waals surface area contributed by atoms with Crippen molar-refractivity contribution in [3.05, 3.63) is 63.6 Å². The normalized spacial score (nSPS) is 12.0. The van der Waals surface area contributed by atoms with Crippen LogP contribution < -0.4 is 0 Å². The van der Waals surface area contributed by atoms with Crippen molar-refractivity contribution in [1.82, 2.24) is 0 Å². The number of azo groups is 1. The van der Waals surface area contributed by atoms with Crippen LogP contribution in [0, 0.1) is 0 Å². The van der Waals surface area contributed by atoms with E-state index in [1.807, 2.05) is 0 Å². The molecule has 2 nitrogen and oxygen atoms in total. The quantitative estimate of drug-likeness (QED) is 0.589. The largest absolute Gasteiger partial charge is 0.418 e. The Labute approximate surface area is 129 Å². The Morgan fingerprint density at radius 2 is 1.52 bits per heavy atom. The molecule has 0 bridgehead atoms. The summed E-state index contributed by atoms with van der Waals surface area (Å²) in [6.07, 6.45) is -4.47. The Hall–Kier alpha value is -1.59. The standard InChI is InChI=1S/C14H9Cl2F3N2/c15-11-5-3-6-12(16)9(11)8-20-21-13-7-2-1-4-10(13)14(17,18)19/h1-7H,8H2. The zero-order valence-corrected chi connectivity index (χ0v) is 12.0. The molecule has 0 saturated heterocycles. The van der Waals surface area contributed by atoms with Crippen LogP contribution in [-0.2, 0) is 12.7 Å². The third-order valence-electron chi connectivity index (χ3n) is 2.68. The van der Waals surface area contributed by atoms with Crippen molar-refractivity contribution in [2.75, 3.05) is 0 Å². The number of halogens is 5. The van der Waals surface area contributed by atoms with E-state index in [4.69, 9.17) is 23.2 Å². The average Bonchev–Trinajstić information content (AvgIpc) is 2.41. The molecule has 2 aromatic carbocycles. The molecular weight excluding hydrogens is 324 g/mol. The van der Waals surface area contributed by atoms with Crippen molar-refractivity contribution in [2.24, 2.45) is 10.2 Å². The Morgan fingerprint density at radius 3 is 2.14 bits per heavy atom. The molecule has 0 radical (unpaired) electrons. The van der Waals surface area contributed by atoms with Crippen LogP contribution in [-0.4, -0.2) is 0 Å². The molecule has 0 saturated carbocycles. The van der Waals surface area contributed by atoms with Crippen LogP contribution in [0.2, 0.25) is 10.0 Å². The Balaban J connectivity index is 2.24. The lowest BCUT2D eigenvalue weighted by Gasteiger charge is -2.08. The summed E-state index contributed by atoms with van der Waals surface area (Å²) in [7, 11) is 0. The van der Waals surface area contributed by atoms with Crippen molar-refractivity contribution in [2.45, 2.75) is 12.7 Å². The van der Waals surface area contributed by atoms with Gasteiger partial charge in [0.15, 0.2) is 0 Å². The molecule has 0 heterocycles. The van der Waals surface area contributed by atoms with Gasteiger partial charge >= 0.3 is 6.18 Å². The van der Waals surface area contributed by atoms with Crippen LogP contribution in [0.4, 0.5) is 18.9 Å². The zero-order chi connectivity index (χ0) is 15.5. The van der Waals surface area contributed by atoms with E-state index in [0.29, 0.717) is 15.6 Å². The second-order valence-corrected chi connectivity index (χ2v) is 4.93. The first kappa shape index (κ1) is 15.8. The van der Waals surface area contributed by atoms with E-state index >= 15 is 0 Å². The van der Waals surface area contributed by atoms with Gasteiger partial charge in [-0.05, 0) is 24.3 Å². The summed E-state index contributed by atoms with van der Waals surface area (Å²) in [5.41, 5.74) is -0.554. The molecule has 0 amide bonds. The smallest absolute Gasteiger partial charge is 0.184 e. The minimum Gasteiger partial charge on any atom is -0.184 e. The number of hydrogen-bond acceptors (Lipinski definition) is 2. The predicted molar refractivity (Wildman–Crippen MR) is 76.1 cm³/mol. The highest BCUT2D eigenvalue weighted by molar-refractivity contribution is 6.35. The van der Waals surface area contributed by atoms with Gasteiger partial charge in [-0.25, -0.2) is 0 Å². The fourth-order valence-corrected chi connectivity index (χ4v) is 2.18. The summed E-state index contributed by atoms with van der Waals surface area (Å²) in [4.78, 5) is 0. The maximum atomic E-state index is 12.8. The monoisotopic (exact) mass is 332 g/mol. The molecule has 110 valence electrons. The molecule has 0 N–H and O–H groups in total. The van der Waals surface area contributed by atoms with Gasteiger partial charge in [0.25, 0.3) is 0 Å². The fraction of sp³-hybridized carbons (Fsp3) is 0.143. The highest BCUT2D eigenvalue weighted by atomic mass is 35.5. The molecule has 2 rings (SSSR count). The molecule has 2 aromatic rings. The minimum atomic E-state index is -4.47. The summed E-state index contributed by atoms with van der Waals surface area (Å²) in [6.45, 7) is 0.00466. The van der Waals surface area contributed by atoms with E-state index in [9.17, 15) is 13.2 Å². The van der Waals surface area contributed by atoms with Crippen LogP contribution in [0.3, 0.4) is 0 Å². The first-order valence-electron chi connectivity index (χ1n) is 5.86. The number of hydrogen-bond donors (Lipinski definition) is 0. The lowest BCUT2D eigenvalue weighted by Crippen LogP contribution is -2.04. The summed E-state index contributed by atoms with van der Waals surface area (Å²) >= 11 is 11.9. The second-order valence-electron chi connectivity index (χ2n) is 4.11. The van der Waals surface area contributed by atoms with Gasteiger partial charge in [0.05, 0.1) is 17.8 Å². The number of nitrogens with zero attached hydrogens (tertiary/aromatic N) is 2. The van der Waals surface area contributed by atoms with Crippen LogP contribution in [0.15, 0.2) is 52.7 Å². The SMILES string of the molecule is FC(F)(F)c1ccccc1N=NCc1c(Cl)cccc1Cl.